The van der Waals surface area contributed by atoms with Crippen molar-refractivity contribution in [1.29, 1.82) is 0 Å². The number of carboxylic acids is 2. The quantitative estimate of drug-likeness (QED) is 0.212. The fourth-order valence-corrected chi connectivity index (χ4v) is 3.69. The van der Waals surface area contributed by atoms with Gasteiger partial charge in [-0.2, -0.15) is 0 Å². The maximum Gasteiger partial charge on any atom is 0.328 e. The Bertz CT molecular complexity index is 1440. The molecular weight excluding hydrogens is 476 g/mol. The van der Waals surface area contributed by atoms with Crippen LogP contribution in [0.1, 0.15) is 11.1 Å². The monoisotopic (exact) mass is 498 g/mol. The van der Waals surface area contributed by atoms with E-state index in [1.165, 1.54) is 24.3 Å². The van der Waals surface area contributed by atoms with Gasteiger partial charge in [-0.25, -0.2) is 14.6 Å². The maximum atomic E-state index is 11.0. The molecule has 186 valence electrons. The number of imidazole rings is 1. The summed E-state index contributed by atoms with van der Waals surface area (Å²) in [5.41, 5.74) is 3.01. The average Bonchev–Trinajstić information content (AvgIpc) is 3.32. The van der Waals surface area contributed by atoms with Gasteiger partial charge >= 0.3 is 11.9 Å². The van der Waals surface area contributed by atoms with Crippen molar-refractivity contribution in [1.82, 2.24) is 9.97 Å². The first-order chi connectivity index (χ1) is 17.7. The number of rotatable bonds is 8. The van der Waals surface area contributed by atoms with Gasteiger partial charge in [0.15, 0.2) is 0 Å². The van der Waals surface area contributed by atoms with Crippen LogP contribution in [0.5, 0.6) is 17.2 Å². The van der Waals surface area contributed by atoms with Gasteiger partial charge < -0.3 is 30.1 Å². The Balaban J connectivity index is 1.93. The molecule has 1 aromatic heterocycles. The summed E-state index contributed by atoms with van der Waals surface area (Å²) in [5, 5.41) is 39.4. The Morgan fingerprint density at radius 1 is 0.811 bits per heavy atom. The van der Waals surface area contributed by atoms with E-state index in [0.717, 1.165) is 12.2 Å². The molecule has 3 aromatic carbocycles. The molecule has 0 saturated heterocycles. The van der Waals surface area contributed by atoms with Crippen LogP contribution in [0.3, 0.4) is 0 Å². The van der Waals surface area contributed by atoms with Gasteiger partial charge in [0.25, 0.3) is 0 Å². The molecular formula is C28H22N2O7. The van der Waals surface area contributed by atoms with Crippen LogP contribution >= 0.6 is 0 Å². The van der Waals surface area contributed by atoms with E-state index in [2.05, 4.69) is 4.98 Å². The third kappa shape index (κ3) is 5.68. The number of carbonyl (C=O) groups is 2. The number of nitrogens with one attached hydrogen (secondary N) is 1. The molecule has 0 aliphatic carbocycles. The molecule has 4 rings (SSSR count). The Morgan fingerprint density at radius 3 is 1.89 bits per heavy atom. The average molecular weight is 498 g/mol. The standard InChI is InChI=1S/C28H22N2O7/c1-37-19-8-6-18(7-9-19)28-29-26(20-14-16(2-10-22(20)31)4-12-24(33)34)27(30-28)21-15-17(3-11-23(21)32)5-13-25(35)36/h2-15,31-32H,1H3,(H,29,30)(H,33,34)(H,35,36)/b12-4+,13-5+. The van der Waals surface area contributed by atoms with Gasteiger partial charge in [0.1, 0.15) is 28.8 Å². The first-order valence-electron chi connectivity index (χ1n) is 11.0. The number of H-pyrrole nitrogens is 1. The van der Waals surface area contributed by atoms with Gasteiger partial charge in [0.2, 0.25) is 0 Å². The zero-order valence-corrected chi connectivity index (χ0v) is 19.5. The summed E-state index contributed by atoms with van der Waals surface area (Å²) >= 11 is 0. The number of aromatic amines is 1. The van der Waals surface area contributed by atoms with Crippen molar-refractivity contribution in [3.05, 3.63) is 83.9 Å². The smallest absolute Gasteiger partial charge is 0.328 e. The lowest BCUT2D eigenvalue weighted by Gasteiger charge is -2.09. The lowest BCUT2D eigenvalue weighted by atomic mass is 10.00. The molecule has 0 unspecified atom stereocenters. The number of aromatic hydroxyl groups is 2. The number of benzene rings is 3. The number of aliphatic carboxylic acids is 2. The molecule has 0 bridgehead atoms. The number of aromatic nitrogens is 2. The predicted molar refractivity (Wildman–Crippen MR) is 138 cm³/mol. The van der Waals surface area contributed by atoms with E-state index in [-0.39, 0.29) is 11.5 Å². The minimum Gasteiger partial charge on any atom is -0.507 e. The van der Waals surface area contributed by atoms with Crippen molar-refractivity contribution in [2.75, 3.05) is 7.11 Å². The molecule has 0 fully saturated rings. The largest absolute Gasteiger partial charge is 0.507 e. The van der Waals surface area contributed by atoms with Crippen molar-refractivity contribution in [2.45, 2.75) is 0 Å². The Hall–Kier alpha value is -5.31. The molecule has 0 saturated carbocycles. The summed E-state index contributed by atoms with van der Waals surface area (Å²) < 4.78 is 5.22. The Kier molecular flexibility index (Phi) is 7.06. The van der Waals surface area contributed by atoms with E-state index in [1.807, 2.05) is 0 Å². The van der Waals surface area contributed by atoms with Gasteiger partial charge in [-0.3, -0.25) is 0 Å². The minimum atomic E-state index is -1.12. The Morgan fingerprint density at radius 2 is 1.35 bits per heavy atom. The van der Waals surface area contributed by atoms with E-state index in [0.29, 0.717) is 50.8 Å². The summed E-state index contributed by atoms with van der Waals surface area (Å²) in [7, 11) is 1.56. The van der Waals surface area contributed by atoms with Crippen molar-refractivity contribution < 1.29 is 34.8 Å². The lowest BCUT2D eigenvalue weighted by molar-refractivity contribution is -0.132. The van der Waals surface area contributed by atoms with Crippen LogP contribution in [0, 0.1) is 0 Å². The molecule has 4 aromatic rings. The molecule has 9 nitrogen and oxygen atoms in total. The van der Waals surface area contributed by atoms with Crippen LogP contribution in [0.4, 0.5) is 0 Å². The van der Waals surface area contributed by atoms with Crippen LogP contribution in [-0.4, -0.2) is 49.4 Å². The third-order valence-corrected chi connectivity index (χ3v) is 5.47. The zero-order valence-electron chi connectivity index (χ0n) is 19.5. The summed E-state index contributed by atoms with van der Waals surface area (Å²) in [6, 6.07) is 16.3. The highest BCUT2D eigenvalue weighted by molar-refractivity contribution is 5.90. The first-order valence-corrected chi connectivity index (χ1v) is 11.0. The van der Waals surface area contributed by atoms with Crippen LogP contribution in [-0.2, 0) is 9.59 Å². The van der Waals surface area contributed by atoms with Crippen LogP contribution in [0.2, 0.25) is 0 Å². The highest BCUT2D eigenvalue weighted by Gasteiger charge is 2.20. The predicted octanol–water partition coefficient (Wildman–Crippen LogP) is 5.03. The molecule has 0 amide bonds. The van der Waals surface area contributed by atoms with Gasteiger partial charge in [-0.05, 0) is 71.8 Å². The molecule has 0 aliphatic rings. The van der Waals surface area contributed by atoms with Crippen molar-refractivity contribution in [3.63, 3.8) is 0 Å². The van der Waals surface area contributed by atoms with E-state index in [1.54, 1.807) is 55.6 Å². The van der Waals surface area contributed by atoms with Crippen LogP contribution < -0.4 is 4.74 Å². The van der Waals surface area contributed by atoms with Gasteiger partial charge in [0.05, 0.1) is 12.8 Å². The number of phenols is 2. The number of hydrogen-bond acceptors (Lipinski definition) is 6. The van der Waals surface area contributed by atoms with E-state index < -0.39 is 11.9 Å². The van der Waals surface area contributed by atoms with Gasteiger partial charge in [0, 0.05) is 28.8 Å². The lowest BCUT2D eigenvalue weighted by Crippen LogP contribution is -1.89. The number of carboxylic acid groups (broad SMARTS) is 2. The first kappa shape index (κ1) is 24.8. The highest BCUT2D eigenvalue weighted by Crippen LogP contribution is 2.41. The molecule has 37 heavy (non-hydrogen) atoms. The Labute approximate surface area is 211 Å². The molecule has 0 atom stereocenters. The van der Waals surface area contributed by atoms with Crippen molar-refractivity contribution in [3.8, 4) is 51.2 Å². The summed E-state index contributed by atoms with van der Waals surface area (Å²) in [6.07, 6.45) is 4.74. The van der Waals surface area contributed by atoms with Crippen LogP contribution in [0.15, 0.2) is 72.8 Å². The maximum absolute atomic E-state index is 11.0. The second-order valence-corrected chi connectivity index (χ2v) is 7.93. The van der Waals surface area contributed by atoms with Gasteiger partial charge in [-0.1, -0.05) is 12.1 Å². The number of ether oxygens (including phenoxy) is 1. The highest BCUT2D eigenvalue weighted by atomic mass is 16.5. The molecule has 0 aliphatic heterocycles. The molecule has 0 radical (unpaired) electrons. The second-order valence-electron chi connectivity index (χ2n) is 7.93. The third-order valence-electron chi connectivity index (χ3n) is 5.47. The SMILES string of the molecule is COc1ccc(-c2nc(-c3cc(/C=C/C(=O)O)ccc3O)c(-c3cc(/C=C/C(=O)O)ccc3O)[nH]2)cc1. The van der Waals surface area contributed by atoms with Gasteiger partial charge in [-0.15, -0.1) is 0 Å². The number of nitrogens with zero attached hydrogens (tertiary/aromatic N) is 1. The van der Waals surface area contributed by atoms with E-state index in [9.17, 15) is 19.8 Å². The zero-order chi connectivity index (χ0) is 26.5. The summed E-state index contributed by atoms with van der Waals surface area (Å²) in [6.45, 7) is 0. The fraction of sp³-hybridized carbons (Fsp3) is 0.0357. The van der Waals surface area contributed by atoms with E-state index in [4.69, 9.17) is 19.9 Å². The molecule has 9 heteroatoms. The molecule has 1 heterocycles. The normalized spacial score (nSPS) is 11.3. The molecule has 0 spiro atoms. The number of hydrogen-bond donors (Lipinski definition) is 5. The van der Waals surface area contributed by atoms with Crippen molar-refractivity contribution in [2.24, 2.45) is 0 Å². The number of phenolic OH excluding ortho intramolecular Hbond substituents is 2. The topological polar surface area (TPSA) is 153 Å². The summed E-state index contributed by atoms with van der Waals surface area (Å²) in [5.74, 6) is -1.35. The van der Waals surface area contributed by atoms with E-state index >= 15 is 0 Å². The second kappa shape index (κ2) is 10.5. The minimum absolute atomic E-state index is 0.0972. The molecule has 5 N–H and O–H groups in total. The van der Waals surface area contributed by atoms with Crippen molar-refractivity contribution >= 4 is 24.1 Å². The van der Waals surface area contributed by atoms with Crippen LogP contribution in [0.25, 0.3) is 46.1 Å². The fourth-order valence-electron chi connectivity index (χ4n) is 3.69. The summed E-state index contributed by atoms with van der Waals surface area (Å²) in [4.78, 5) is 29.9. The number of methoxy groups -OCH3 is 1.